The summed E-state index contributed by atoms with van der Waals surface area (Å²) in [7, 11) is 0. The highest BCUT2D eigenvalue weighted by Gasteiger charge is 2.21. The van der Waals surface area contributed by atoms with E-state index in [1.165, 1.54) is 0 Å². The van der Waals surface area contributed by atoms with Crippen LogP contribution in [0, 0.1) is 0 Å². The molecule has 2 rings (SSSR count). The van der Waals surface area contributed by atoms with E-state index < -0.39 is 0 Å². The van der Waals surface area contributed by atoms with Crippen LogP contribution in [0.4, 0.5) is 5.69 Å². The largest absolute Gasteiger partial charge is 0.357 e. The van der Waals surface area contributed by atoms with Crippen LogP contribution in [0.25, 0.3) is 0 Å². The number of nitrogens with one attached hydrogen (secondary N) is 2. The van der Waals surface area contributed by atoms with E-state index in [1.54, 1.807) is 0 Å². The van der Waals surface area contributed by atoms with E-state index in [2.05, 4.69) is 53.4 Å². The molecule has 0 atom stereocenters. The van der Waals surface area contributed by atoms with Gasteiger partial charge in [-0.25, -0.2) is 4.99 Å². The van der Waals surface area contributed by atoms with Gasteiger partial charge in [0.05, 0.1) is 6.54 Å². The van der Waals surface area contributed by atoms with Gasteiger partial charge in [0.2, 0.25) is 5.91 Å². The number of nitrogens with zero attached hydrogens (tertiary/aromatic N) is 3. The predicted octanol–water partition coefficient (Wildman–Crippen LogP) is 2.60. The van der Waals surface area contributed by atoms with Gasteiger partial charge in [-0.1, -0.05) is 26.0 Å². The minimum atomic E-state index is 0.226. The Morgan fingerprint density at radius 3 is 2.48 bits per heavy atom. The van der Waals surface area contributed by atoms with Crippen molar-refractivity contribution in [1.29, 1.82) is 0 Å². The van der Waals surface area contributed by atoms with Crippen molar-refractivity contribution in [2.75, 3.05) is 44.2 Å². The average Bonchev–Trinajstić information content (AvgIpc) is 3.12. The zero-order valence-electron chi connectivity index (χ0n) is 17.1. The number of carbonyl (C=O) groups is 1. The first-order chi connectivity index (χ1) is 13.2. The molecule has 0 bridgehead atoms. The Hall–Kier alpha value is -2.08. The third kappa shape index (κ3) is 6.86. The number of guanidine groups is 1. The quantitative estimate of drug-likeness (QED) is 0.376. The molecule has 1 heterocycles. The number of hydrogen-bond donors (Lipinski definition) is 2. The molecule has 0 unspecified atom stereocenters. The molecule has 150 valence electrons. The molecular weight excluding hydrogens is 338 g/mol. The normalized spacial score (nSPS) is 14.9. The van der Waals surface area contributed by atoms with Gasteiger partial charge in [-0.2, -0.15) is 0 Å². The summed E-state index contributed by atoms with van der Waals surface area (Å²) in [5.74, 6) is 1.08. The predicted molar refractivity (Wildman–Crippen MR) is 113 cm³/mol. The maximum Gasteiger partial charge on any atom is 0.227 e. The van der Waals surface area contributed by atoms with Gasteiger partial charge in [-0.05, 0) is 57.1 Å². The molecule has 1 aliphatic heterocycles. The Labute approximate surface area is 164 Å². The van der Waals surface area contributed by atoms with E-state index in [0.717, 1.165) is 69.3 Å². The summed E-state index contributed by atoms with van der Waals surface area (Å²) in [5.41, 5.74) is 2.14. The Kier molecular flexibility index (Phi) is 9.11. The molecule has 1 fully saturated rings. The number of hydrogen-bond acceptors (Lipinski definition) is 3. The Morgan fingerprint density at radius 2 is 1.89 bits per heavy atom. The zero-order chi connectivity index (χ0) is 19.5. The molecule has 0 saturated carbocycles. The number of amides is 1. The fourth-order valence-electron chi connectivity index (χ4n) is 3.26. The minimum Gasteiger partial charge on any atom is -0.357 e. The van der Waals surface area contributed by atoms with Gasteiger partial charge in [0.25, 0.3) is 0 Å². The number of aliphatic imine (C=N–C) groups is 1. The van der Waals surface area contributed by atoms with Crippen LogP contribution in [0.3, 0.4) is 0 Å². The highest BCUT2D eigenvalue weighted by molar-refractivity contribution is 5.95. The van der Waals surface area contributed by atoms with Gasteiger partial charge in [0, 0.05) is 31.7 Å². The van der Waals surface area contributed by atoms with E-state index in [0.29, 0.717) is 13.0 Å². The molecule has 0 aliphatic carbocycles. The molecule has 1 aromatic rings. The standard InChI is InChI=1S/C21H35N5O/c1-4-22-21(23-14-8-15-25(5-2)6-3)24-17-18-10-12-19(13-11-18)26-16-7-9-20(26)27/h10-13H,4-9,14-17H2,1-3H3,(H2,22,23,24). The fraction of sp³-hybridized carbons (Fsp3) is 0.619. The maximum atomic E-state index is 11.8. The first kappa shape index (κ1) is 21.2. The SMILES string of the molecule is CCNC(=NCc1ccc(N2CCCC2=O)cc1)NCCCN(CC)CC. The monoisotopic (exact) mass is 373 g/mol. The zero-order valence-corrected chi connectivity index (χ0v) is 17.1. The molecule has 1 amide bonds. The molecule has 0 aromatic heterocycles. The smallest absolute Gasteiger partial charge is 0.227 e. The third-order valence-electron chi connectivity index (χ3n) is 4.92. The van der Waals surface area contributed by atoms with Crippen LogP contribution in [-0.4, -0.2) is 56.0 Å². The summed E-state index contributed by atoms with van der Waals surface area (Å²) in [5, 5.41) is 6.72. The highest BCUT2D eigenvalue weighted by Crippen LogP contribution is 2.21. The lowest BCUT2D eigenvalue weighted by Crippen LogP contribution is -2.38. The van der Waals surface area contributed by atoms with Crippen LogP contribution >= 0.6 is 0 Å². The number of benzene rings is 1. The van der Waals surface area contributed by atoms with Gasteiger partial charge < -0.3 is 20.4 Å². The van der Waals surface area contributed by atoms with Gasteiger partial charge in [0.15, 0.2) is 5.96 Å². The van der Waals surface area contributed by atoms with Crippen LogP contribution in [0.5, 0.6) is 0 Å². The van der Waals surface area contributed by atoms with Crippen molar-refractivity contribution >= 4 is 17.6 Å². The second-order valence-corrected chi connectivity index (χ2v) is 6.82. The Bertz CT molecular complexity index is 595. The summed E-state index contributed by atoms with van der Waals surface area (Å²) in [6.07, 6.45) is 2.72. The van der Waals surface area contributed by atoms with Crippen molar-refractivity contribution in [3.63, 3.8) is 0 Å². The van der Waals surface area contributed by atoms with E-state index in [-0.39, 0.29) is 5.91 Å². The Morgan fingerprint density at radius 1 is 1.15 bits per heavy atom. The van der Waals surface area contributed by atoms with Gasteiger partial charge in [0.1, 0.15) is 0 Å². The van der Waals surface area contributed by atoms with Crippen LogP contribution in [0.2, 0.25) is 0 Å². The summed E-state index contributed by atoms with van der Waals surface area (Å²) in [4.78, 5) is 20.8. The van der Waals surface area contributed by atoms with Crippen molar-refractivity contribution in [3.05, 3.63) is 29.8 Å². The van der Waals surface area contributed by atoms with Crippen molar-refractivity contribution in [1.82, 2.24) is 15.5 Å². The van der Waals surface area contributed by atoms with Crippen LogP contribution < -0.4 is 15.5 Å². The van der Waals surface area contributed by atoms with Crippen LogP contribution in [0.15, 0.2) is 29.3 Å². The minimum absolute atomic E-state index is 0.226. The van der Waals surface area contributed by atoms with E-state index in [9.17, 15) is 4.79 Å². The summed E-state index contributed by atoms with van der Waals surface area (Å²) < 4.78 is 0. The topological polar surface area (TPSA) is 60.0 Å². The average molecular weight is 374 g/mol. The molecule has 27 heavy (non-hydrogen) atoms. The first-order valence-corrected chi connectivity index (χ1v) is 10.3. The van der Waals surface area contributed by atoms with Crippen LogP contribution in [0.1, 0.15) is 45.6 Å². The molecule has 0 spiro atoms. The highest BCUT2D eigenvalue weighted by atomic mass is 16.2. The molecule has 0 radical (unpaired) electrons. The molecule has 1 aliphatic rings. The molecule has 1 aromatic carbocycles. The number of anilines is 1. The summed E-state index contributed by atoms with van der Waals surface area (Å²) in [6, 6.07) is 8.18. The van der Waals surface area contributed by atoms with Gasteiger partial charge in [-0.15, -0.1) is 0 Å². The Balaban J connectivity index is 1.83. The second kappa shape index (κ2) is 11.6. The van der Waals surface area contributed by atoms with E-state index >= 15 is 0 Å². The summed E-state index contributed by atoms with van der Waals surface area (Å²) in [6.45, 7) is 13.0. The summed E-state index contributed by atoms with van der Waals surface area (Å²) >= 11 is 0. The van der Waals surface area contributed by atoms with Crippen molar-refractivity contribution in [3.8, 4) is 0 Å². The lowest BCUT2D eigenvalue weighted by Gasteiger charge is -2.18. The van der Waals surface area contributed by atoms with Gasteiger partial charge >= 0.3 is 0 Å². The lowest BCUT2D eigenvalue weighted by molar-refractivity contribution is -0.117. The lowest BCUT2D eigenvalue weighted by atomic mass is 10.2. The fourth-order valence-corrected chi connectivity index (χ4v) is 3.26. The molecule has 6 heteroatoms. The second-order valence-electron chi connectivity index (χ2n) is 6.82. The number of rotatable bonds is 10. The van der Waals surface area contributed by atoms with Crippen LogP contribution in [-0.2, 0) is 11.3 Å². The van der Waals surface area contributed by atoms with Gasteiger partial charge in [-0.3, -0.25) is 4.79 Å². The molecular formula is C21H35N5O. The van der Waals surface area contributed by atoms with Crippen molar-refractivity contribution < 1.29 is 4.79 Å². The first-order valence-electron chi connectivity index (χ1n) is 10.3. The third-order valence-corrected chi connectivity index (χ3v) is 4.92. The number of carbonyl (C=O) groups excluding carboxylic acids is 1. The van der Waals surface area contributed by atoms with Crippen molar-refractivity contribution in [2.45, 2.75) is 46.6 Å². The van der Waals surface area contributed by atoms with Crippen molar-refractivity contribution in [2.24, 2.45) is 4.99 Å². The maximum absolute atomic E-state index is 11.8. The van der Waals surface area contributed by atoms with E-state index in [1.807, 2.05) is 17.0 Å². The molecule has 6 nitrogen and oxygen atoms in total. The van der Waals surface area contributed by atoms with E-state index in [4.69, 9.17) is 0 Å². The molecule has 2 N–H and O–H groups in total. The molecule has 1 saturated heterocycles.